The van der Waals surface area contributed by atoms with Gasteiger partial charge in [-0.1, -0.05) is 36.9 Å². The van der Waals surface area contributed by atoms with Crippen LogP contribution in [0.3, 0.4) is 0 Å². The Morgan fingerprint density at radius 3 is 2.90 bits per heavy atom. The topological polar surface area (TPSA) is 91.2 Å². The first kappa shape index (κ1) is 18.7. The standard InChI is InChI=1S/C21H19N5O3S/c1-3-17(20(27)22-12-8-9-15-16(10-12)29-11-28-15)30-21-23-19-18(24-25-21)13-6-4-5-7-14(13)26(19)2/h4-10,17H,3,11H2,1-2H3,(H,22,27). The molecule has 1 aliphatic rings. The lowest BCUT2D eigenvalue weighted by Crippen LogP contribution is -2.24. The van der Waals surface area contributed by atoms with Crippen molar-refractivity contribution < 1.29 is 14.3 Å². The van der Waals surface area contributed by atoms with Crippen molar-refractivity contribution in [2.45, 2.75) is 23.8 Å². The average molecular weight is 421 g/mol. The van der Waals surface area contributed by atoms with Crippen LogP contribution < -0.4 is 14.8 Å². The SMILES string of the molecule is CCC(Sc1nnc2c3ccccc3n(C)c2n1)C(=O)Nc1ccc2c(c1)OCO2. The molecule has 9 heteroatoms. The number of aryl methyl sites for hydroxylation is 1. The van der Waals surface area contributed by atoms with Crippen LogP contribution in [0.2, 0.25) is 0 Å². The van der Waals surface area contributed by atoms with Crippen LogP contribution in [0.25, 0.3) is 22.1 Å². The van der Waals surface area contributed by atoms with Crippen LogP contribution in [0.4, 0.5) is 5.69 Å². The van der Waals surface area contributed by atoms with Gasteiger partial charge in [-0.25, -0.2) is 4.98 Å². The van der Waals surface area contributed by atoms with E-state index in [1.165, 1.54) is 11.8 Å². The minimum Gasteiger partial charge on any atom is -0.454 e. The highest BCUT2D eigenvalue weighted by Gasteiger charge is 2.22. The van der Waals surface area contributed by atoms with E-state index in [0.717, 1.165) is 22.1 Å². The molecule has 5 rings (SSSR count). The zero-order valence-corrected chi connectivity index (χ0v) is 17.3. The number of anilines is 1. The second kappa shape index (κ2) is 7.49. The Labute approximate surface area is 176 Å². The molecule has 1 amide bonds. The first-order valence-electron chi connectivity index (χ1n) is 9.59. The minimum absolute atomic E-state index is 0.123. The molecule has 0 radical (unpaired) electrons. The fourth-order valence-corrected chi connectivity index (χ4v) is 4.30. The van der Waals surface area contributed by atoms with E-state index >= 15 is 0 Å². The number of carbonyl (C=O) groups is 1. The van der Waals surface area contributed by atoms with Gasteiger partial charge in [0, 0.05) is 24.2 Å². The summed E-state index contributed by atoms with van der Waals surface area (Å²) in [5.74, 6) is 1.18. The fourth-order valence-electron chi connectivity index (χ4n) is 3.49. The highest BCUT2D eigenvalue weighted by molar-refractivity contribution is 8.00. The molecule has 0 bridgehead atoms. The van der Waals surface area contributed by atoms with Gasteiger partial charge in [0.1, 0.15) is 5.52 Å². The summed E-state index contributed by atoms with van der Waals surface area (Å²) >= 11 is 1.31. The smallest absolute Gasteiger partial charge is 0.237 e. The van der Waals surface area contributed by atoms with Crippen LogP contribution in [0.1, 0.15) is 13.3 Å². The number of rotatable bonds is 5. The number of ether oxygens (including phenoxy) is 2. The van der Waals surface area contributed by atoms with E-state index < -0.39 is 0 Å². The van der Waals surface area contributed by atoms with E-state index in [4.69, 9.17) is 9.47 Å². The van der Waals surface area contributed by atoms with Crippen LogP contribution in [-0.4, -0.2) is 37.7 Å². The summed E-state index contributed by atoms with van der Waals surface area (Å²) in [4.78, 5) is 17.5. The third-order valence-electron chi connectivity index (χ3n) is 5.04. The van der Waals surface area contributed by atoms with Gasteiger partial charge in [-0.05, 0) is 24.6 Å². The Morgan fingerprint density at radius 1 is 1.20 bits per heavy atom. The minimum atomic E-state index is -0.357. The first-order chi connectivity index (χ1) is 14.6. The second-order valence-electron chi connectivity index (χ2n) is 6.91. The summed E-state index contributed by atoms with van der Waals surface area (Å²) in [6.07, 6.45) is 0.623. The molecule has 1 N–H and O–H groups in total. The molecule has 4 aromatic rings. The molecule has 1 unspecified atom stereocenters. The Hall–Kier alpha value is -3.33. The number of hydrogen-bond acceptors (Lipinski definition) is 7. The molecule has 8 nitrogen and oxygen atoms in total. The summed E-state index contributed by atoms with van der Waals surface area (Å²) < 4.78 is 12.7. The van der Waals surface area contributed by atoms with Gasteiger partial charge in [0.15, 0.2) is 17.1 Å². The number of para-hydroxylation sites is 1. The third kappa shape index (κ3) is 3.21. The van der Waals surface area contributed by atoms with Gasteiger partial charge in [0.2, 0.25) is 17.9 Å². The normalized spacial score (nSPS) is 13.7. The zero-order chi connectivity index (χ0) is 20.7. The molecule has 2 aromatic heterocycles. The second-order valence-corrected chi connectivity index (χ2v) is 8.08. The van der Waals surface area contributed by atoms with E-state index in [2.05, 4.69) is 20.5 Å². The van der Waals surface area contributed by atoms with Gasteiger partial charge in [-0.15, -0.1) is 10.2 Å². The van der Waals surface area contributed by atoms with Gasteiger partial charge >= 0.3 is 0 Å². The maximum absolute atomic E-state index is 12.8. The molecule has 1 aliphatic heterocycles. The van der Waals surface area contributed by atoms with Crippen molar-refractivity contribution >= 4 is 45.4 Å². The average Bonchev–Trinajstić information content (AvgIpc) is 3.35. The molecule has 0 saturated heterocycles. The number of carbonyl (C=O) groups excluding carboxylic acids is 1. The zero-order valence-electron chi connectivity index (χ0n) is 16.5. The van der Waals surface area contributed by atoms with E-state index in [1.807, 2.05) is 42.8 Å². The molecule has 3 heterocycles. The molecule has 30 heavy (non-hydrogen) atoms. The predicted octanol–water partition coefficient (Wildman–Crippen LogP) is 3.75. The van der Waals surface area contributed by atoms with Crippen LogP contribution >= 0.6 is 11.8 Å². The summed E-state index contributed by atoms with van der Waals surface area (Å²) in [5.41, 5.74) is 3.21. The Morgan fingerprint density at radius 2 is 2.03 bits per heavy atom. The number of thioether (sulfide) groups is 1. The summed E-state index contributed by atoms with van der Waals surface area (Å²) in [7, 11) is 1.96. The number of fused-ring (bicyclic) bond motifs is 4. The molecule has 0 spiro atoms. The van der Waals surface area contributed by atoms with Crippen molar-refractivity contribution in [3.05, 3.63) is 42.5 Å². The van der Waals surface area contributed by atoms with Gasteiger partial charge in [-0.2, -0.15) is 0 Å². The van der Waals surface area contributed by atoms with Crippen molar-refractivity contribution in [1.82, 2.24) is 19.7 Å². The quantitative estimate of drug-likeness (QED) is 0.491. The number of hydrogen-bond donors (Lipinski definition) is 1. The van der Waals surface area contributed by atoms with E-state index in [0.29, 0.717) is 28.8 Å². The highest BCUT2D eigenvalue weighted by Crippen LogP contribution is 2.35. The van der Waals surface area contributed by atoms with Crippen LogP contribution in [-0.2, 0) is 11.8 Å². The van der Waals surface area contributed by atoms with Crippen LogP contribution in [0, 0.1) is 0 Å². The summed E-state index contributed by atoms with van der Waals surface area (Å²) in [6.45, 7) is 2.15. The van der Waals surface area contributed by atoms with Crippen LogP contribution in [0.15, 0.2) is 47.6 Å². The Balaban J connectivity index is 1.37. The molecule has 0 fully saturated rings. The molecule has 0 saturated carbocycles. The third-order valence-corrected chi connectivity index (χ3v) is 6.25. The molecule has 1 atom stereocenters. The molecular weight excluding hydrogens is 402 g/mol. The number of benzene rings is 2. The monoisotopic (exact) mass is 421 g/mol. The lowest BCUT2D eigenvalue weighted by Gasteiger charge is -2.14. The largest absolute Gasteiger partial charge is 0.454 e. The fraction of sp³-hybridized carbons (Fsp3) is 0.238. The first-order valence-corrected chi connectivity index (χ1v) is 10.5. The van der Waals surface area contributed by atoms with Crippen LogP contribution in [0.5, 0.6) is 11.5 Å². The summed E-state index contributed by atoms with van der Waals surface area (Å²) in [5, 5.41) is 12.7. The number of aromatic nitrogens is 4. The maximum Gasteiger partial charge on any atom is 0.237 e. The lowest BCUT2D eigenvalue weighted by atomic mass is 10.2. The van der Waals surface area contributed by atoms with Gasteiger partial charge in [0.25, 0.3) is 0 Å². The number of amides is 1. The van der Waals surface area contributed by atoms with Gasteiger partial charge < -0.3 is 19.4 Å². The van der Waals surface area contributed by atoms with Gasteiger partial charge in [-0.3, -0.25) is 4.79 Å². The Kier molecular flexibility index (Phi) is 4.66. The number of nitrogens with zero attached hydrogens (tertiary/aromatic N) is 4. The van der Waals surface area contributed by atoms with Crippen molar-refractivity contribution in [2.75, 3.05) is 12.1 Å². The molecule has 152 valence electrons. The highest BCUT2D eigenvalue weighted by atomic mass is 32.2. The predicted molar refractivity (Wildman–Crippen MR) is 115 cm³/mol. The van der Waals surface area contributed by atoms with E-state index in [9.17, 15) is 4.79 Å². The van der Waals surface area contributed by atoms with Crippen molar-refractivity contribution in [2.24, 2.45) is 7.05 Å². The Bertz CT molecular complexity index is 1270. The summed E-state index contributed by atoms with van der Waals surface area (Å²) in [6, 6.07) is 13.3. The lowest BCUT2D eigenvalue weighted by molar-refractivity contribution is -0.115. The van der Waals surface area contributed by atoms with E-state index in [-0.39, 0.29) is 18.0 Å². The maximum atomic E-state index is 12.8. The van der Waals surface area contributed by atoms with Crippen molar-refractivity contribution in [3.63, 3.8) is 0 Å². The number of nitrogens with one attached hydrogen (secondary N) is 1. The van der Waals surface area contributed by atoms with E-state index in [1.54, 1.807) is 18.2 Å². The molecule has 2 aromatic carbocycles. The molecular formula is C21H19N5O3S. The van der Waals surface area contributed by atoms with Crippen molar-refractivity contribution in [1.29, 1.82) is 0 Å². The molecule has 0 aliphatic carbocycles. The van der Waals surface area contributed by atoms with Gasteiger partial charge in [0.05, 0.1) is 10.8 Å². The van der Waals surface area contributed by atoms with Crippen molar-refractivity contribution in [3.8, 4) is 11.5 Å².